The van der Waals surface area contributed by atoms with Crippen molar-refractivity contribution >= 4 is 56.6 Å². The molecule has 0 bridgehead atoms. The summed E-state index contributed by atoms with van der Waals surface area (Å²) in [7, 11) is -3.92. The second-order valence-corrected chi connectivity index (χ2v) is 11.5. The Balaban J connectivity index is 1.66. The number of sulfonamides is 1. The molecular weight excluding hydrogens is 511 g/mol. The van der Waals surface area contributed by atoms with Crippen LogP contribution in [0.1, 0.15) is 16.7 Å². The Labute approximate surface area is 215 Å². The van der Waals surface area contributed by atoms with Gasteiger partial charge in [-0.1, -0.05) is 59.6 Å². The van der Waals surface area contributed by atoms with E-state index in [0.717, 1.165) is 22.4 Å². The van der Waals surface area contributed by atoms with Crippen molar-refractivity contribution < 1.29 is 13.2 Å². The van der Waals surface area contributed by atoms with Crippen LogP contribution in [-0.4, -0.2) is 33.2 Å². The minimum Gasteiger partial charge on any atom is -0.354 e. The second-order valence-electron chi connectivity index (χ2n) is 7.77. The maximum Gasteiger partial charge on any atom is 0.264 e. The van der Waals surface area contributed by atoms with Crippen molar-refractivity contribution in [2.24, 2.45) is 0 Å². The Kier molecular flexibility index (Phi) is 9.31. The summed E-state index contributed by atoms with van der Waals surface area (Å²) in [5, 5.41) is 3.86. The van der Waals surface area contributed by atoms with Gasteiger partial charge in [0.15, 0.2) is 0 Å². The second kappa shape index (κ2) is 12.0. The third kappa shape index (κ3) is 6.92. The molecule has 0 aliphatic heterocycles. The zero-order valence-corrected chi connectivity index (χ0v) is 22.1. The zero-order chi connectivity index (χ0) is 24.7. The highest BCUT2D eigenvalue weighted by atomic mass is 35.5. The van der Waals surface area contributed by atoms with Crippen LogP contribution in [0.4, 0.5) is 5.69 Å². The van der Waals surface area contributed by atoms with Crippen LogP contribution in [0.25, 0.3) is 0 Å². The highest BCUT2D eigenvalue weighted by Crippen LogP contribution is 2.28. The molecule has 3 aromatic rings. The minimum absolute atomic E-state index is 0.140. The van der Waals surface area contributed by atoms with Gasteiger partial charge in [0, 0.05) is 18.1 Å². The zero-order valence-electron chi connectivity index (χ0n) is 18.9. The van der Waals surface area contributed by atoms with Crippen molar-refractivity contribution in [3.05, 3.63) is 93.5 Å². The van der Waals surface area contributed by atoms with E-state index in [9.17, 15) is 13.2 Å². The Morgan fingerprint density at radius 3 is 2.41 bits per heavy atom. The smallest absolute Gasteiger partial charge is 0.264 e. The quantitative estimate of drug-likeness (QED) is 0.329. The van der Waals surface area contributed by atoms with E-state index in [2.05, 4.69) is 5.32 Å². The molecule has 9 heteroatoms. The lowest BCUT2D eigenvalue weighted by Gasteiger charge is -2.26. The molecule has 0 saturated heterocycles. The first-order chi connectivity index (χ1) is 16.2. The molecule has 0 aliphatic carbocycles. The summed E-state index contributed by atoms with van der Waals surface area (Å²) in [4.78, 5) is 12.9. The molecule has 3 aromatic carbocycles. The summed E-state index contributed by atoms with van der Waals surface area (Å²) >= 11 is 13.6. The highest BCUT2D eigenvalue weighted by Gasteiger charge is 2.28. The first kappa shape index (κ1) is 26.4. The Morgan fingerprint density at radius 2 is 1.71 bits per heavy atom. The van der Waals surface area contributed by atoms with Gasteiger partial charge in [-0.2, -0.15) is 11.8 Å². The predicted molar refractivity (Wildman–Crippen MR) is 143 cm³/mol. The van der Waals surface area contributed by atoms with Crippen LogP contribution in [0.15, 0.2) is 71.6 Å². The van der Waals surface area contributed by atoms with Crippen LogP contribution >= 0.6 is 35.0 Å². The number of hydrogen-bond donors (Lipinski definition) is 1. The summed E-state index contributed by atoms with van der Waals surface area (Å²) in [6, 6.07) is 19.2. The number of hydrogen-bond acceptors (Lipinski definition) is 4. The molecule has 0 spiro atoms. The van der Waals surface area contributed by atoms with Crippen molar-refractivity contribution in [1.29, 1.82) is 0 Å². The number of anilines is 1. The molecule has 1 amide bonds. The normalized spacial score (nSPS) is 11.3. The van der Waals surface area contributed by atoms with Gasteiger partial charge in [0.1, 0.15) is 6.54 Å². The third-order valence-electron chi connectivity index (χ3n) is 5.07. The fraction of sp³-hybridized carbons (Fsp3) is 0.240. The number of nitrogens with one attached hydrogen (secondary N) is 1. The molecule has 3 rings (SSSR count). The molecule has 5 nitrogen and oxygen atoms in total. The van der Waals surface area contributed by atoms with E-state index in [0.29, 0.717) is 28.0 Å². The number of carbonyl (C=O) groups excluding carboxylic acids is 1. The Bertz CT molecular complexity index is 1250. The van der Waals surface area contributed by atoms with Crippen LogP contribution in [0.3, 0.4) is 0 Å². The predicted octanol–water partition coefficient (Wildman–Crippen LogP) is 5.86. The summed E-state index contributed by atoms with van der Waals surface area (Å²) in [6.07, 6.45) is 0. The SMILES string of the molecule is Cc1ccc(C)c(N(CC(=O)NCCSCc2ccc(Cl)c(Cl)c2)S(=O)(=O)c2ccccc2)c1. The Hall–Kier alpha value is -2.19. The summed E-state index contributed by atoms with van der Waals surface area (Å²) in [6.45, 7) is 3.83. The largest absolute Gasteiger partial charge is 0.354 e. The summed E-state index contributed by atoms with van der Waals surface area (Å²) < 4.78 is 28.1. The van der Waals surface area contributed by atoms with Gasteiger partial charge in [-0.15, -0.1) is 0 Å². The minimum atomic E-state index is -3.92. The summed E-state index contributed by atoms with van der Waals surface area (Å²) in [5.74, 6) is 1.03. The van der Waals surface area contributed by atoms with Crippen molar-refractivity contribution in [2.75, 3.05) is 23.1 Å². The van der Waals surface area contributed by atoms with Crippen molar-refractivity contribution in [3.63, 3.8) is 0 Å². The van der Waals surface area contributed by atoms with E-state index in [1.807, 2.05) is 38.1 Å². The van der Waals surface area contributed by atoms with Crippen molar-refractivity contribution in [2.45, 2.75) is 24.5 Å². The topological polar surface area (TPSA) is 66.5 Å². The molecule has 1 N–H and O–H groups in total. The first-order valence-electron chi connectivity index (χ1n) is 10.6. The fourth-order valence-corrected chi connectivity index (χ4v) is 5.90. The molecule has 0 radical (unpaired) electrons. The lowest BCUT2D eigenvalue weighted by atomic mass is 10.1. The molecule has 0 aromatic heterocycles. The van der Waals surface area contributed by atoms with Gasteiger partial charge < -0.3 is 5.32 Å². The number of thioether (sulfide) groups is 1. The van der Waals surface area contributed by atoms with Crippen LogP contribution in [-0.2, 0) is 20.6 Å². The van der Waals surface area contributed by atoms with Gasteiger partial charge in [-0.3, -0.25) is 9.10 Å². The monoisotopic (exact) mass is 536 g/mol. The maximum absolute atomic E-state index is 13.4. The van der Waals surface area contributed by atoms with Gasteiger partial charge in [-0.05, 0) is 60.9 Å². The molecule has 34 heavy (non-hydrogen) atoms. The number of rotatable bonds is 10. The molecule has 180 valence electrons. The lowest BCUT2D eigenvalue weighted by molar-refractivity contribution is -0.119. The van der Waals surface area contributed by atoms with Crippen molar-refractivity contribution in [3.8, 4) is 0 Å². The van der Waals surface area contributed by atoms with E-state index < -0.39 is 10.0 Å². The first-order valence-corrected chi connectivity index (χ1v) is 14.0. The van der Waals surface area contributed by atoms with Gasteiger partial charge in [-0.25, -0.2) is 8.42 Å². The van der Waals surface area contributed by atoms with E-state index >= 15 is 0 Å². The van der Waals surface area contributed by atoms with E-state index in [4.69, 9.17) is 23.2 Å². The number of halogens is 2. The number of amides is 1. The van der Waals surface area contributed by atoms with E-state index in [1.54, 1.807) is 42.1 Å². The third-order valence-corrected chi connectivity index (χ3v) is 8.62. The molecule has 0 atom stereocenters. The maximum atomic E-state index is 13.4. The molecule has 0 heterocycles. The standard InChI is InChI=1S/C25H26Cl2N2O3S2/c1-18-8-9-19(2)24(14-18)29(34(31,32)21-6-4-3-5-7-21)16-25(30)28-12-13-33-17-20-10-11-22(26)23(27)15-20/h3-11,14-15H,12-13,16-17H2,1-2H3,(H,28,30). The van der Waals surface area contributed by atoms with E-state index in [1.165, 1.54) is 16.4 Å². The average molecular weight is 538 g/mol. The van der Waals surface area contributed by atoms with Gasteiger partial charge in [0.2, 0.25) is 5.91 Å². The molecule has 0 aliphatic rings. The van der Waals surface area contributed by atoms with Crippen molar-refractivity contribution in [1.82, 2.24) is 5.32 Å². The van der Waals surface area contributed by atoms with Gasteiger partial charge >= 0.3 is 0 Å². The van der Waals surface area contributed by atoms with Crippen LogP contribution in [0.5, 0.6) is 0 Å². The number of aryl methyl sites for hydroxylation is 2. The fourth-order valence-electron chi connectivity index (χ4n) is 3.28. The molecule has 0 unspecified atom stereocenters. The lowest BCUT2D eigenvalue weighted by Crippen LogP contribution is -2.41. The van der Waals surface area contributed by atoms with Gasteiger partial charge in [0.25, 0.3) is 10.0 Å². The van der Waals surface area contributed by atoms with Crippen LogP contribution in [0.2, 0.25) is 10.0 Å². The van der Waals surface area contributed by atoms with Crippen LogP contribution < -0.4 is 9.62 Å². The average Bonchev–Trinajstić information content (AvgIpc) is 2.81. The molecular formula is C25H26Cl2N2O3S2. The van der Waals surface area contributed by atoms with E-state index in [-0.39, 0.29) is 17.3 Å². The number of carbonyl (C=O) groups is 1. The van der Waals surface area contributed by atoms with Gasteiger partial charge in [0.05, 0.1) is 20.6 Å². The molecule has 0 saturated carbocycles. The van der Waals surface area contributed by atoms with Crippen LogP contribution in [0, 0.1) is 13.8 Å². The Morgan fingerprint density at radius 1 is 0.971 bits per heavy atom. The molecule has 0 fully saturated rings. The number of benzene rings is 3. The highest BCUT2D eigenvalue weighted by molar-refractivity contribution is 7.98. The number of nitrogens with zero attached hydrogens (tertiary/aromatic N) is 1. The summed E-state index contributed by atoms with van der Waals surface area (Å²) in [5.41, 5.74) is 3.22.